The van der Waals surface area contributed by atoms with Gasteiger partial charge in [0.2, 0.25) is 5.91 Å². The molecule has 6 heteroatoms. The average Bonchev–Trinajstić information content (AvgIpc) is 3.28. The lowest BCUT2D eigenvalue weighted by Crippen LogP contribution is -2.45. The van der Waals surface area contributed by atoms with Crippen LogP contribution in [0.25, 0.3) is 0 Å². The van der Waals surface area contributed by atoms with Crippen LogP contribution >= 0.6 is 23.2 Å². The second-order valence-electron chi connectivity index (χ2n) is 8.25. The van der Waals surface area contributed by atoms with Gasteiger partial charge in [0.15, 0.2) is 0 Å². The van der Waals surface area contributed by atoms with E-state index in [9.17, 15) is 9.90 Å². The van der Waals surface area contributed by atoms with Crippen molar-refractivity contribution in [1.82, 2.24) is 9.47 Å². The topological polar surface area (TPSA) is 45.5 Å². The Balaban J connectivity index is 1.43. The number of aromatic nitrogens is 1. The Morgan fingerprint density at radius 3 is 2.06 bits per heavy atom. The lowest BCUT2D eigenvalue weighted by molar-refractivity contribution is -0.136. The summed E-state index contributed by atoms with van der Waals surface area (Å²) in [6, 6.07) is 19.1. The molecule has 2 heterocycles. The molecule has 1 aliphatic rings. The first-order chi connectivity index (χ1) is 14.9. The van der Waals surface area contributed by atoms with Gasteiger partial charge < -0.3 is 14.6 Å². The standard InChI is InChI=1S/C25H26Cl2N2O2/c26-22-7-3-19(4-8-22)20(18-28-13-1-2-14-28)17-24(30)29-15-11-25(31,12-16-29)21-5-9-23(27)10-6-21/h1-10,13-14,20,31H,11-12,15-18H2. The number of piperidine rings is 1. The van der Waals surface area contributed by atoms with Crippen LogP contribution in [-0.2, 0) is 16.9 Å². The van der Waals surface area contributed by atoms with Crippen molar-refractivity contribution in [2.75, 3.05) is 13.1 Å². The maximum atomic E-state index is 13.2. The van der Waals surface area contributed by atoms with Crippen molar-refractivity contribution in [2.24, 2.45) is 0 Å². The second-order valence-corrected chi connectivity index (χ2v) is 9.12. The van der Waals surface area contributed by atoms with Crippen LogP contribution in [0.3, 0.4) is 0 Å². The van der Waals surface area contributed by atoms with Crippen LogP contribution in [0.5, 0.6) is 0 Å². The molecule has 0 aliphatic carbocycles. The first-order valence-corrected chi connectivity index (χ1v) is 11.3. The molecule has 4 rings (SSSR count). The number of nitrogens with zero attached hydrogens (tertiary/aromatic N) is 2. The predicted molar refractivity (Wildman–Crippen MR) is 124 cm³/mol. The van der Waals surface area contributed by atoms with Gasteiger partial charge in [0.25, 0.3) is 0 Å². The minimum atomic E-state index is -0.915. The molecule has 1 unspecified atom stereocenters. The third-order valence-corrected chi connectivity index (χ3v) is 6.69. The van der Waals surface area contributed by atoms with Crippen LogP contribution in [0.15, 0.2) is 73.1 Å². The second kappa shape index (κ2) is 9.47. The van der Waals surface area contributed by atoms with Gasteiger partial charge in [-0.2, -0.15) is 0 Å². The fourth-order valence-corrected chi connectivity index (χ4v) is 4.54. The molecule has 0 saturated carbocycles. The molecular weight excluding hydrogens is 431 g/mol. The number of benzene rings is 2. The van der Waals surface area contributed by atoms with Gasteiger partial charge in [-0.1, -0.05) is 47.5 Å². The third-order valence-electron chi connectivity index (χ3n) is 6.18. The zero-order chi connectivity index (χ0) is 21.8. The molecule has 0 radical (unpaired) electrons. The summed E-state index contributed by atoms with van der Waals surface area (Å²) in [5.41, 5.74) is 1.04. The number of halogens is 2. The highest BCUT2D eigenvalue weighted by atomic mass is 35.5. The number of aliphatic hydroxyl groups is 1. The molecule has 31 heavy (non-hydrogen) atoms. The molecule has 1 fully saturated rings. The van der Waals surface area contributed by atoms with Gasteiger partial charge in [-0.3, -0.25) is 4.79 Å². The van der Waals surface area contributed by atoms with Crippen LogP contribution in [-0.4, -0.2) is 33.6 Å². The van der Waals surface area contributed by atoms with E-state index < -0.39 is 5.60 Å². The molecule has 1 aromatic heterocycles. The van der Waals surface area contributed by atoms with Gasteiger partial charge in [-0.15, -0.1) is 0 Å². The SMILES string of the molecule is O=C(CC(Cn1cccc1)c1ccc(Cl)cc1)N1CCC(O)(c2ccc(Cl)cc2)CC1. The maximum absolute atomic E-state index is 13.2. The molecule has 1 amide bonds. The average molecular weight is 457 g/mol. The summed E-state index contributed by atoms with van der Waals surface area (Å²) in [7, 11) is 0. The number of rotatable bonds is 6. The molecule has 162 valence electrons. The Bertz CT molecular complexity index is 993. The zero-order valence-corrected chi connectivity index (χ0v) is 18.8. The highest BCUT2D eigenvalue weighted by Crippen LogP contribution is 2.34. The molecular formula is C25H26Cl2N2O2. The summed E-state index contributed by atoms with van der Waals surface area (Å²) in [5.74, 6) is 0.166. The molecule has 4 nitrogen and oxygen atoms in total. The van der Waals surface area contributed by atoms with E-state index in [2.05, 4.69) is 4.57 Å². The number of likely N-dealkylation sites (tertiary alicyclic amines) is 1. The third kappa shape index (κ3) is 5.32. The normalized spacial score (nSPS) is 16.8. The summed E-state index contributed by atoms with van der Waals surface area (Å²) in [5, 5.41) is 12.4. The predicted octanol–water partition coefficient (Wildman–Crippen LogP) is 5.48. The fourth-order valence-electron chi connectivity index (χ4n) is 4.28. The Morgan fingerprint density at radius 1 is 0.935 bits per heavy atom. The highest BCUT2D eigenvalue weighted by Gasteiger charge is 2.35. The molecule has 0 spiro atoms. The molecule has 0 bridgehead atoms. The molecule has 2 aromatic carbocycles. The lowest BCUT2D eigenvalue weighted by atomic mass is 9.84. The minimum Gasteiger partial charge on any atom is -0.385 e. The summed E-state index contributed by atoms with van der Waals surface area (Å²) in [4.78, 5) is 15.0. The summed E-state index contributed by atoms with van der Waals surface area (Å²) >= 11 is 12.0. The Labute approximate surface area is 193 Å². The van der Waals surface area contributed by atoms with E-state index in [1.165, 1.54) is 0 Å². The zero-order valence-electron chi connectivity index (χ0n) is 17.3. The Kier molecular flexibility index (Phi) is 6.71. The lowest BCUT2D eigenvalue weighted by Gasteiger charge is -2.39. The molecule has 1 N–H and O–H groups in total. The van der Waals surface area contributed by atoms with Crippen LogP contribution < -0.4 is 0 Å². The summed E-state index contributed by atoms with van der Waals surface area (Å²) in [6.45, 7) is 1.80. The van der Waals surface area contributed by atoms with Crippen molar-refractivity contribution < 1.29 is 9.90 Å². The van der Waals surface area contributed by atoms with Crippen molar-refractivity contribution in [3.05, 3.63) is 94.2 Å². The largest absolute Gasteiger partial charge is 0.385 e. The van der Waals surface area contributed by atoms with Crippen molar-refractivity contribution in [2.45, 2.75) is 37.3 Å². The summed E-state index contributed by atoms with van der Waals surface area (Å²) < 4.78 is 2.10. The van der Waals surface area contributed by atoms with Crippen LogP contribution in [0.2, 0.25) is 10.0 Å². The number of amides is 1. The van der Waals surface area contributed by atoms with Crippen LogP contribution in [0.4, 0.5) is 0 Å². The van der Waals surface area contributed by atoms with Gasteiger partial charge in [-0.25, -0.2) is 0 Å². The van der Waals surface area contributed by atoms with Gasteiger partial charge in [0.1, 0.15) is 0 Å². The molecule has 1 saturated heterocycles. The number of hydrogen-bond donors (Lipinski definition) is 1. The van der Waals surface area contributed by atoms with Gasteiger partial charge in [0, 0.05) is 54.4 Å². The van der Waals surface area contributed by atoms with E-state index in [-0.39, 0.29) is 11.8 Å². The Hall–Kier alpha value is -2.27. The van der Waals surface area contributed by atoms with Crippen molar-refractivity contribution in [3.8, 4) is 0 Å². The van der Waals surface area contributed by atoms with Gasteiger partial charge >= 0.3 is 0 Å². The molecule has 1 atom stereocenters. The minimum absolute atomic E-state index is 0.0502. The van der Waals surface area contributed by atoms with E-state index in [0.29, 0.717) is 42.4 Å². The first kappa shape index (κ1) is 21.9. The maximum Gasteiger partial charge on any atom is 0.223 e. The van der Waals surface area contributed by atoms with Crippen molar-refractivity contribution >= 4 is 29.1 Å². The van der Waals surface area contributed by atoms with E-state index in [0.717, 1.165) is 17.7 Å². The van der Waals surface area contributed by atoms with Crippen molar-refractivity contribution in [1.29, 1.82) is 0 Å². The Morgan fingerprint density at radius 2 is 1.48 bits per heavy atom. The van der Waals surface area contributed by atoms with E-state index in [1.54, 1.807) is 12.1 Å². The number of carbonyl (C=O) groups is 1. The monoisotopic (exact) mass is 456 g/mol. The smallest absolute Gasteiger partial charge is 0.223 e. The first-order valence-electron chi connectivity index (χ1n) is 10.6. The van der Waals surface area contributed by atoms with Crippen molar-refractivity contribution in [3.63, 3.8) is 0 Å². The summed E-state index contributed by atoms with van der Waals surface area (Å²) in [6.07, 6.45) is 5.48. The van der Waals surface area contributed by atoms with E-state index >= 15 is 0 Å². The molecule has 1 aliphatic heterocycles. The fraction of sp³-hybridized carbons (Fsp3) is 0.320. The number of hydrogen-bond acceptors (Lipinski definition) is 2. The van der Waals surface area contributed by atoms with Crippen LogP contribution in [0, 0.1) is 0 Å². The van der Waals surface area contributed by atoms with E-state index in [4.69, 9.17) is 23.2 Å². The quantitative estimate of drug-likeness (QED) is 0.533. The van der Waals surface area contributed by atoms with E-state index in [1.807, 2.05) is 65.8 Å². The van der Waals surface area contributed by atoms with Gasteiger partial charge in [-0.05, 0) is 60.4 Å². The number of carbonyl (C=O) groups excluding carboxylic acids is 1. The van der Waals surface area contributed by atoms with Crippen LogP contribution in [0.1, 0.15) is 36.3 Å². The van der Waals surface area contributed by atoms with Gasteiger partial charge in [0.05, 0.1) is 5.60 Å². The highest BCUT2D eigenvalue weighted by molar-refractivity contribution is 6.30. The molecule has 3 aromatic rings.